The zero-order chi connectivity index (χ0) is 19.9. The van der Waals surface area contributed by atoms with Gasteiger partial charge in [0, 0.05) is 18.9 Å². The summed E-state index contributed by atoms with van der Waals surface area (Å²) in [6.07, 6.45) is -0.266. The van der Waals surface area contributed by atoms with Gasteiger partial charge in [-0.05, 0) is 30.7 Å². The molecule has 0 bridgehead atoms. The first-order valence-electron chi connectivity index (χ1n) is 8.67. The lowest BCUT2D eigenvalue weighted by molar-refractivity contribution is -0.139. The molecule has 0 spiro atoms. The molecule has 27 heavy (non-hydrogen) atoms. The van der Waals surface area contributed by atoms with E-state index in [0.717, 1.165) is 25.5 Å². The van der Waals surface area contributed by atoms with E-state index in [0.29, 0.717) is 17.7 Å². The van der Waals surface area contributed by atoms with E-state index in [2.05, 4.69) is 16.9 Å². The second kappa shape index (κ2) is 9.21. The molecule has 1 aromatic heterocycles. The molecule has 8 heteroatoms. The van der Waals surface area contributed by atoms with Crippen molar-refractivity contribution in [1.29, 1.82) is 5.26 Å². The second-order valence-corrected chi connectivity index (χ2v) is 6.01. The number of hydrogen-bond donors (Lipinski definition) is 0. The Morgan fingerprint density at radius 1 is 1.15 bits per heavy atom. The van der Waals surface area contributed by atoms with Crippen molar-refractivity contribution in [3.05, 3.63) is 41.6 Å². The third-order valence-corrected chi connectivity index (χ3v) is 3.97. The van der Waals surface area contributed by atoms with Crippen LogP contribution in [0.1, 0.15) is 43.7 Å². The number of halogens is 3. The lowest BCUT2D eigenvalue weighted by atomic mass is 10.2. The molecule has 0 amide bonds. The Hall–Kier alpha value is -2.82. The molecule has 1 heterocycles. The Morgan fingerprint density at radius 2 is 1.85 bits per heavy atom. The average molecular weight is 378 g/mol. The van der Waals surface area contributed by atoms with Crippen molar-refractivity contribution in [3.63, 3.8) is 0 Å². The fraction of sp³-hybridized carbons (Fsp3) is 0.421. The number of unbranched alkanes of at least 4 members (excludes halogenated alkanes) is 3. The van der Waals surface area contributed by atoms with Crippen molar-refractivity contribution in [2.75, 3.05) is 18.6 Å². The van der Waals surface area contributed by atoms with Gasteiger partial charge in [0.25, 0.3) is 0 Å². The number of ether oxygens (including phenoxy) is 1. The molecular weight excluding hydrogens is 357 g/mol. The van der Waals surface area contributed by atoms with E-state index >= 15 is 0 Å². The van der Waals surface area contributed by atoms with Gasteiger partial charge in [-0.25, -0.2) is 4.98 Å². The molecular formula is C19H21F3N4O. The summed E-state index contributed by atoms with van der Waals surface area (Å²) in [4.78, 5) is 9.35. The van der Waals surface area contributed by atoms with Gasteiger partial charge in [0.1, 0.15) is 5.56 Å². The Morgan fingerprint density at radius 3 is 2.44 bits per heavy atom. The molecule has 2 rings (SSSR count). The maximum atomic E-state index is 13.2. The smallest absolute Gasteiger partial charge is 0.423 e. The SMILES string of the molecule is CCCCCCOc1nc(N(C)c2ccc(C#N)cc2)ncc1C(F)(F)F. The van der Waals surface area contributed by atoms with Gasteiger partial charge in [-0.15, -0.1) is 0 Å². The highest BCUT2D eigenvalue weighted by Crippen LogP contribution is 2.36. The van der Waals surface area contributed by atoms with Gasteiger partial charge in [-0.3, -0.25) is 0 Å². The van der Waals surface area contributed by atoms with Crippen LogP contribution in [0.25, 0.3) is 0 Å². The van der Waals surface area contributed by atoms with Crippen LogP contribution in [-0.4, -0.2) is 23.6 Å². The molecule has 0 saturated carbocycles. The van der Waals surface area contributed by atoms with Crippen LogP contribution >= 0.6 is 0 Å². The van der Waals surface area contributed by atoms with Gasteiger partial charge in [0.05, 0.1) is 18.2 Å². The van der Waals surface area contributed by atoms with Crippen molar-refractivity contribution in [2.45, 2.75) is 38.8 Å². The van der Waals surface area contributed by atoms with E-state index in [9.17, 15) is 13.2 Å². The van der Waals surface area contributed by atoms with Gasteiger partial charge >= 0.3 is 6.18 Å². The third kappa shape index (κ3) is 5.58. The van der Waals surface area contributed by atoms with Crippen LogP contribution in [-0.2, 0) is 6.18 Å². The molecule has 0 N–H and O–H groups in total. The van der Waals surface area contributed by atoms with Gasteiger partial charge in [0.2, 0.25) is 11.8 Å². The predicted octanol–water partition coefficient (Wildman–Crippen LogP) is 5.09. The highest BCUT2D eigenvalue weighted by Gasteiger charge is 2.36. The first kappa shape index (κ1) is 20.5. The van der Waals surface area contributed by atoms with Crippen LogP contribution in [0.4, 0.5) is 24.8 Å². The average Bonchev–Trinajstić information content (AvgIpc) is 2.66. The van der Waals surface area contributed by atoms with E-state index in [4.69, 9.17) is 10.00 Å². The number of aromatic nitrogens is 2. The largest absolute Gasteiger partial charge is 0.477 e. The second-order valence-electron chi connectivity index (χ2n) is 6.01. The minimum atomic E-state index is -4.59. The fourth-order valence-electron chi connectivity index (χ4n) is 2.40. The summed E-state index contributed by atoms with van der Waals surface area (Å²) in [5.41, 5.74) is 0.134. The minimum Gasteiger partial charge on any atom is -0.477 e. The summed E-state index contributed by atoms with van der Waals surface area (Å²) in [6, 6.07) is 8.58. The van der Waals surface area contributed by atoms with E-state index in [-0.39, 0.29) is 12.6 Å². The molecule has 0 saturated heterocycles. The maximum absolute atomic E-state index is 13.2. The number of anilines is 2. The quantitative estimate of drug-likeness (QED) is 0.599. The molecule has 0 aliphatic rings. The molecule has 0 aliphatic heterocycles. The van der Waals surface area contributed by atoms with Gasteiger partial charge in [-0.2, -0.15) is 23.4 Å². The van der Waals surface area contributed by atoms with Crippen molar-refractivity contribution in [1.82, 2.24) is 9.97 Å². The highest BCUT2D eigenvalue weighted by atomic mass is 19.4. The zero-order valence-electron chi connectivity index (χ0n) is 15.3. The Bertz CT molecular complexity index is 785. The predicted molar refractivity (Wildman–Crippen MR) is 95.9 cm³/mol. The first-order valence-corrected chi connectivity index (χ1v) is 8.67. The molecule has 0 unspecified atom stereocenters. The summed E-state index contributed by atoms with van der Waals surface area (Å²) >= 11 is 0. The number of benzene rings is 1. The van der Waals surface area contributed by atoms with Crippen molar-refractivity contribution < 1.29 is 17.9 Å². The van der Waals surface area contributed by atoms with E-state index in [1.807, 2.05) is 6.07 Å². The number of hydrogen-bond acceptors (Lipinski definition) is 5. The highest BCUT2D eigenvalue weighted by molar-refractivity contribution is 5.58. The Balaban J connectivity index is 2.23. The van der Waals surface area contributed by atoms with Crippen LogP contribution in [0, 0.1) is 11.3 Å². The molecule has 0 radical (unpaired) electrons. The van der Waals surface area contributed by atoms with E-state index in [1.165, 1.54) is 4.90 Å². The number of rotatable bonds is 8. The molecule has 2 aromatic rings. The van der Waals surface area contributed by atoms with Crippen molar-refractivity contribution in [3.8, 4) is 11.9 Å². The van der Waals surface area contributed by atoms with Crippen molar-refractivity contribution in [2.24, 2.45) is 0 Å². The van der Waals surface area contributed by atoms with Crippen LogP contribution in [0.2, 0.25) is 0 Å². The van der Waals surface area contributed by atoms with E-state index < -0.39 is 17.6 Å². The summed E-state index contributed by atoms with van der Waals surface area (Å²) in [6.45, 7) is 2.22. The number of nitriles is 1. The standard InChI is InChI=1S/C19H21F3N4O/c1-3-4-5-6-11-27-17-16(19(20,21)22)13-24-18(25-17)26(2)15-9-7-14(12-23)8-10-15/h7-10,13H,3-6,11H2,1-2H3. The van der Waals surface area contributed by atoms with Crippen LogP contribution < -0.4 is 9.64 Å². The number of alkyl halides is 3. The molecule has 0 aliphatic carbocycles. The van der Waals surface area contributed by atoms with Crippen LogP contribution in [0.3, 0.4) is 0 Å². The monoisotopic (exact) mass is 378 g/mol. The van der Waals surface area contributed by atoms with Gasteiger partial charge < -0.3 is 9.64 Å². The van der Waals surface area contributed by atoms with Gasteiger partial charge in [-0.1, -0.05) is 26.2 Å². The maximum Gasteiger partial charge on any atom is 0.423 e. The van der Waals surface area contributed by atoms with Crippen molar-refractivity contribution >= 4 is 11.6 Å². The molecule has 144 valence electrons. The first-order chi connectivity index (χ1) is 12.9. The van der Waals surface area contributed by atoms with Crippen LogP contribution in [0.5, 0.6) is 5.88 Å². The zero-order valence-corrected chi connectivity index (χ0v) is 15.3. The molecule has 1 aromatic carbocycles. The normalized spacial score (nSPS) is 11.1. The topological polar surface area (TPSA) is 62.0 Å². The summed E-state index contributed by atoms with van der Waals surface area (Å²) in [7, 11) is 1.63. The van der Waals surface area contributed by atoms with Crippen LogP contribution in [0.15, 0.2) is 30.5 Å². The summed E-state index contributed by atoms with van der Waals surface area (Å²) < 4.78 is 45.0. The summed E-state index contributed by atoms with van der Waals surface area (Å²) in [5.74, 6) is -0.388. The number of nitrogens with zero attached hydrogens (tertiary/aromatic N) is 4. The van der Waals surface area contributed by atoms with Gasteiger partial charge in [0.15, 0.2) is 0 Å². The lowest BCUT2D eigenvalue weighted by Crippen LogP contribution is -2.17. The molecule has 5 nitrogen and oxygen atoms in total. The van der Waals surface area contributed by atoms with E-state index in [1.54, 1.807) is 31.3 Å². The molecule has 0 fully saturated rings. The summed E-state index contributed by atoms with van der Waals surface area (Å²) in [5, 5.41) is 8.85. The molecule has 0 atom stereocenters. The fourth-order valence-corrected chi connectivity index (χ4v) is 2.40. The minimum absolute atomic E-state index is 0.0799. The Kier molecular flexibility index (Phi) is 6.99. The Labute approximate surface area is 156 Å². The third-order valence-electron chi connectivity index (χ3n) is 3.97. The lowest BCUT2D eigenvalue weighted by Gasteiger charge is -2.19.